The van der Waals surface area contributed by atoms with Gasteiger partial charge in [-0.25, -0.2) is 9.59 Å². The highest BCUT2D eigenvalue weighted by atomic mass is 35.5. The molecule has 2 aromatic rings. The molecule has 33 heavy (non-hydrogen) atoms. The molecule has 178 valence electrons. The summed E-state index contributed by atoms with van der Waals surface area (Å²) in [6.07, 6.45) is -0.613. The Morgan fingerprint density at radius 2 is 1.55 bits per heavy atom. The Balaban J connectivity index is 0.000000479. The molecule has 0 atom stereocenters. The van der Waals surface area contributed by atoms with Crippen LogP contribution in [0, 0.1) is 0 Å². The molecule has 0 aromatic heterocycles. The van der Waals surface area contributed by atoms with E-state index < -0.39 is 18.1 Å². The van der Waals surface area contributed by atoms with Crippen molar-refractivity contribution >= 4 is 40.8 Å². The summed E-state index contributed by atoms with van der Waals surface area (Å²) in [5, 5.41) is 20.0. The van der Waals surface area contributed by atoms with E-state index in [1.807, 2.05) is 0 Å². The molecule has 1 aliphatic rings. The normalized spacial score (nSPS) is 13.9. The second kappa shape index (κ2) is 11.6. The van der Waals surface area contributed by atoms with Crippen LogP contribution in [0.4, 0.5) is 24.5 Å². The average molecular weight is 487 g/mol. The van der Waals surface area contributed by atoms with E-state index in [4.69, 9.17) is 21.5 Å². The van der Waals surface area contributed by atoms with Crippen LogP contribution in [0.15, 0.2) is 42.5 Å². The first kappa shape index (κ1) is 26.0. The number of alkyl halides is 3. The number of carboxylic acid groups (broad SMARTS) is 2. The van der Waals surface area contributed by atoms with E-state index in [-0.39, 0.29) is 11.5 Å². The van der Waals surface area contributed by atoms with Crippen LogP contribution in [-0.4, -0.2) is 47.3 Å². The predicted molar refractivity (Wildman–Crippen MR) is 117 cm³/mol. The van der Waals surface area contributed by atoms with Crippen molar-refractivity contribution in [3.05, 3.63) is 58.6 Å². The van der Waals surface area contributed by atoms with Gasteiger partial charge in [0, 0.05) is 29.4 Å². The third-order valence-electron chi connectivity index (χ3n) is 4.76. The van der Waals surface area contributed by atoms with Gasteiger partial charge in [-0.1, -0.05) is 30.5 Å². The van der Waals surface area contributed by atoms with Crippen LogP contribution in [0.5, 0.6) is 0 Å². The largest absolute Gasteiger partial charge is 0.490 e. The van der Waals surface area contributed by atoms with Gasteiger partial charge < -0.3 is 20.4 Å². The molecule has 1 heterocycles. The molecule has 1 fully saturated rings. The summed E-state index contributed by atoms with van der Waals surface area (Å²) in [6, 6.07) is 11.7. The quantitative estimate of drug-likeness (QED) is 0.541. The zero-order valence-electron chi connectivity index (χ0n) is 17.4. The third kappa shape index (κ3) is 7.98. The topological polar surface area (TPSA) is 107 Å². The Morgan fingerprint density at radius 1 is 0.939 bits per heavy atom. The highest BCUT2D eigenvalue weighted by Gasteiger charge is 2.38. The molecular formula is C22H22ClF3N2O5. The van der Waals surface area contributed by atoms with Crippen molar-refractivity contribution in [3.63, 3.8) is 0 Å². The van der Waals surface area contributed by atoms with E-state index in [1.54, 1.807) is 36.4 Å². The predicted octanol–water partition coefficient (Wildman–Crippen LogP) is 5.30. The summed E-state index contributed by atoms with van der Waals surface area (Å²) in [5.74, 6) is -4.08. The van der Waals surface area contributed by atoms with E-state index in [9.17, 15) is 27.9 Å². The molecular weight excluding hydrogens is 465 g/mol. The Morgan fingerprint density at radius 3 is 2.06 bits per heavy atom. The lowest BCUT2D eigenvalue weighted by atomic mass is 10.1. The van der Waals surface area contributed by atoms with Crippen molar-refractivity contribution in [2.45, 2.75) is 31.9 Å². The summed E-state index contributed by atoms with van der Waals surface area (Å²) < 4.78 is 31.7. The minimum absolute atomic E-state index is 0.204. The van der Waals surface area contributed by atoms with Gasteiger partial charge in [-0.05, 0) is 49.2 Å². The van der Waals surface area contributed by atoms with Crippen molar-refractivity contribution in [1.29, 1.82) is 0 Å². The summed E-state index contributed by atoms with van der Waals surface area (Å²) in [6.45, 7) is 1.71. The van der Waals surface area contributed by atoms with Gasteiger partial charge in [0.25, 0.3) is 5.91 Å². The first-order valence-corrected chi connectivity index (χ1v) is 10.4. The van der Waals surface area contributed by atoms with Gasteiger partial charge in [0.15, 0.2) is 0 Å². The average Bonchev–Trinajstić information content (AvgIpc) is 3.03. The summed E-state index contributed by atoms with van der Waals surface area (Å²) in [5.41, 5.74) is 1.79. The summed E-state index contributed by atoms with van der Waals surface area (Å²) in [4.78, 5) is 35.1. The van der Waals surface area contributed by atoms with Crippen LogP contribution in [-0.2, 0) is 4.79 Å². The van der Waals surface area contributed by atoms with Crippen LogP contribution >= 0.6 is 11.6 Å². The van der Waals surface area contributed by atoms with Crippen LogP contribution in [0.2, 0.25) is 5.02 Å². The smallest absolute Gasteiger partial charge is 0.478 e. The molecule has 0 aliphatic carbocycles. The first-order chi connectivity index (χ1) is 15.5. The van der Waals surface area contributed by atoms with Gasteiger partial charge in [-0.3, -0.25) is 4.79 Å². The SMILES string of the molecule is O=C(Nc1ccc(N2CCCCCC2)c(C(=O)O)c1)c1cccc(Cl)c1.O=C(O)C(F)(F)F. The molecule has 1 amide bonds. The van der Waals surface area contributed by atoms with Crippen LogP contribution in [0.25, 0.3) is 0 Å². The van der Waals surface area contributed by atoms with E-state index in [0.29, 0.717) is 22.0 Å². The maximum atomic E-state index is 12.4. The Bertz CT molecular complexity index is 1010. The van der Waals surface area contributed by atoms with Gasteiger partial charge in [0.1, 0.15) is 0 Å². The van der Waals surface area contributed by atoms with Crippen LogP contribution in [0.3, 0.4) is 0 Å². The van der Waals surface area contributed by atoms with E-state index in [0.717, 1.165) is 25.9 Å². The minimum atomic E-state index is -5.08. The van der Waals surface area contributed by atoms with Crippen molar-refractivity contribution < 1.29 is 37.8 Å². The fourth-order valence-electron chi connectivity index (χ4n) is 3.21. The maximum absolute atomic E-state index is 12.4. The van der Waals surface area contributed by atoms with Crippen molar-refractivity contribution in [1.82, 2.24) is 0 Å². The van der Waals surface area contributed by atoms with Crippen molar-refractivity contribution in [3.8, 4) is 0 Å². The molecule has 1 saturated heterocycles. The van der Waals surface area contributed by atoms with Gasteiger partial charge in [-0.2, -0.15) is 13.2 Å². The molecule has 11 heteroatoms. The van der Waals surface area contributed by atoms with Crippen molar-refractivity contribution in [2.75, 3.05) is 23.3 Å². The Hall–Kier alpha value is -3.27. The number of anilines is 2. The summed E-state index contributed by atoms with van der Waals surface area (Å²) >= 11 is 5.92. The number of aromatic carboxylic acids is 1. The molecule has 2 aromatic carbocycles. The Kier molecular flexibility index (Phi) is 9.10. The number of benzene rings is 2. The fourth-order valence-corrected chi connectivity index (χ4v) is 3.40. The Labute approximate surface area is 192 Å². The molecule has 0 bridgehead atoms. The van der Waals surface area contributed by atoms with E-state index in [1.165, 1.54) is 18.9 Å². The molecule has 1 aliphatic heterocycles. The minimum Gasteiger partial charge on any atom is -0.478 e. The number of halogens is 4. The molecule has 3 rings (SSSR count). The second-order valence-electron chi connectivity index (χ2n) is 7.21. The lowest BCUT2D eigenvalue weighted by molar-refractivity contribution is -0.192. The number of rotatable bonds is 4. The van der Waals surface area contributed by atoms with Crippen molar-refractivity contribution in [2.24, 2.45) is 0 Å². The number of nitrogens with one attached hydrogen (secondary N) is 1. The molecule has 0 spiro atoms. The van der Waals surface area contributed by atoms with Gasteiger partial charge >= 0.3 is 18.1 Å². The lowest BCUT2D eigenvalue weighted by Gasteiger charge is -2.24. The maximum Gasteiger partial charge on any atom is 0.490 e. The van der Waals surface area contributed by atoms with Gasteiger partial charge in [0.05, 0.1) is 11.3 Å². The third-order valence-corrected chi connectivity index (χ3v) is 5.00. The van der Waals surface area contributed by atoms with Gasteiger partial charge in [0.2, 0.25) is 0 Å². The molecule has 0 radical (unpaired) electrons. The van der Waals surface area contributed by atoms with Crippen LogP contribution < -0.4 is 10.2 Å². The molecule has 7 nitrogen and oxygen atoms in total. The molecule has 0 saturated carbocycles. The number of amides is 1. The van der Waals surface area contributed by atoms with E-state index >= 15 is 0 Å². The number of hydrogen-bond acceptors (Lipinski definition) is 4. The van der Waals surface area contributed by atoms with Gasteiger partial charge in [-0.15, -0.1) is 0 Å². The first-order valence-electron chi connectivity index (χ1n) is 9.98. The van der Waals surface area contributed by atoms with E-state index in [2.05, 4.69) is 10.2 Å². The number of nitrogens with zero attached hydrogens (tertiary/aromatic N) is 1. The molecule has 0 unspecified atom stereocenters. The highest BCUT2D eigenvalue weighted by Crippen LogP contribution is 2.27. The number of carbonyl (C=O) groups is 3. The number of carbonyl (C=O) groups excluding carboxylic acids is 1. The standard InChI is InChI=1S/C20H21ClN2O3.C2HF3O2/c21-15-7-5-6-14(12-15)19(24)22-16-8-9-18(17(13-16)20(25)26)23-10-3-1-2-4-11-23;3-2(4,5)1(6)7/h5-9,12-13H,1-4,10-11H2,(H,22,24)(H,25,26);(H,6,7). The molecule has 3 N–H and O–H groups in total. The number of hydrogen-bond donors (Lipinski definition) is 3. The van der Waals surface area contributed by atoms with Crippen LogP contribution in [0.1, 0.15) is 46.4 Å². The highest BCUT2D eigenvalue weighted by molar-refractivity contribution is 6.31. The zero-order chi connectivity index (χ0) is 24.6. The number of carboxylic acids is 2. The number of aliphatic carboxylic acids is 1. The fraction of sp³-hybridized carbons (Fsp3) is 0.318. The lowest BCUT2D eigenvalue weighted by Crippen LogP contribution is -2.26. The monoisotopic (exact) mass is 486 g/mol. The summed E-state index contributed by atoms with van der Waals surface area (Å²) in [7, 11) is 0. The zero-order valence-corrected chi connectivity index (χ0v) is 18.1. The second-order valence-corrected chi connectivity index (χ2v) is 7.64.